The summed E-state index contributed by atoms with van der Waals surface area (Å²) < 4.78 is 11.7. The van der Waals surface area contributed by atoms with Crippen LogP contribution in [0.2, 0.25) is 5.02 Å². The Morgan fingerprint density at radius 3 is 2.76 bits per heavy atom. The first-order valence-electron chi connectivity index (χ1n) is 9.62. The molecule has 2 atom stereocenters. The zero-order valence-electron chi connectivity index (χ0n) is 17.1. The Balaban J connectivity index is 1.69. The van der Waals surface area contributed by atoms with Crippen molar-refractivity contribution in [3.8, 4) is 0 Å². The molecule has 2 unspecified atom stereocenters. The van der Waals surface area contributed by atoms with Crippen LogP contribution in [0.3, 0.4) is 0 Å². The third-order valence-corrected chi connectivity index (χ3v) is 6.88. The fourth-order valence-corrected chi connectivity index (χ4v) is 4.70. The van der Waals surface area contributed by atoms with Gasteiger partial charge in [-0.2, -0.15) is 5.10 Å². The third-order valence-electron chi connectivity index (χ3n) is 5.91. The van der Waals surface area contributed by atoms with E-state index in [2.05, 4.69) is 35.2 Å². The van der Waals surface area contributed by atoms with Crippen molar-refractivity contribution in [3.63, 3.8) is 0 Å². The summed E-state index contributed by atoms with van der Waals surface area (Å²) in [5, 5.41) is 22.4. The summed E-state index contributed by atoms with van der Waals surface area (Å²) >= 11 is 6.25. The maximum absolute atomic E-state index is 12.3. The molecule has 3 rings (SSSR count). The molecule has 2 heterocycles. The molecule has 0 radical (unpaired) electrons. The van der Waals surface area contributed by atoms with Crippen molar-refractivity contribution >= 4 is 43.9 Å². The Kier molecular flexibility index (Phi) is 6.17. The summed E-state index contributed by atoms with van der Waals surface area (Å²) in [5.41, 5.74) is 1.11. The number of H-pyrrole nitrogens is 1. The highest BCUT2D eigenvalue weighted by molar-refractivity contribution is 7.99. The number of aromatic nitrogens is 2. The first-order valence-corrected chi connectivity index (χ1v) is 12.3. The zero-order chi connectivity index (χ0) is 21.4. The largest absolute Gasteiger partial charge is 0.388 e. The van der Waals surface area contributed by atoms with Crippen molar-refractivity contribution in [1.29, 1.82) is 0 Å². The Morgan fingerprint density at radius 1 is 1.48 bits per heavy atom. The number of amides is 2. The van der Waals surface area contributed by atoms with Crippen LogP contribution in [0, 0.1) is 11.3 Å². The number of rotatable bonds is 5. The second kappa shape index (κ2) is 8.16. The molecule has 0 aliphatic carbocycles. The Bertz CT molecular complexity index is 994. The number of aromatic amines is 1. The second-order valence-electron chi connectivity index (χ2n) is 8.62. The number of aliphatic hydroxyl groups excluding tert-OH is 1. The van der Waals surface area contributed by atoms with Gasteiger partial charge < -0.3 is 15.3 Å². The van der Waals surface area contributed by atoms with Gasteiger partial charge >= 0.3 is 6.03 Å². The number of benzene rings is 1. The number of nitrogens with one attached hydrogen (secondary N) is 2. The molecule has 1 aromatic carbocycles. The van der Waals surface area contributed by atoms with Crippen LogP contribution in [-0.2, 0) is 9.52 Å². The molecule has 7 nitrogen and oxygen atoms in total. The smallest absolute Gasteiger partial charge is 0.318 e. The molecular formula is C20H29ClN4O3S. The molecule has 1 saturated heterocycles. The lowest BCUT2D eigenvalue weighted by Gasteiger charge is -2.43. The van der Waals surface area contributed by atoms with Gasteiger partial charge in [-0.15, -0.1) is 0 Å². The lowest BCUT2D eigenvalue weighted by molar-refractivity contribution is -0.0143. The number of hydrogen-bond donors (Lipinski definition) is 3. The van der Waals surface area contributed by atoms with E-state index < -0.39 is 21.0 Å². The highest BCUT2D eigenvalue weighted by Crippen LogP contribution is 2.46. The number of halogens is 1. The van der Waals surface area contributed by atoms with Crippen molar-refractivity contribution in [2.24, 2.45) is 11.3 Å². The van der Waals surface area contributed by atoms with E-state index in [4.69, 9.17) is 11.6 Å². The van der Waals surface area contributed by atoms with Crippen LogP contribution in [-0.4, -0.2) is 61.5 Å². The SMILES string of the molecule is C=S(C)(=O)CNC(=O)N1CCC(C(C)(C)C(O)c2cc(Cl)cc3cn[nH]c23)CC1. The normalized spacial score (nSPS) is 19.1. The Hall–Kier alpha value is -1.77. The highest BCUT2D eigenvalue weighted by atomic mass is 35.5. The molecule has 2 aromatic rings. The molecule has 2 amide bonds. The first kappa shape index (κ1) is 21.9. The summed E-state index contributed by atoms with van der Waals surface area (Å²) in [4.78, 5) is 14.0. The molecule has 0 saturated carbocycles. The van der Waals surface area contributed by atoms with Gasteiger partial charge in [0.25, 0.3) is 0 Å². The van der Waals surface area contributed by atoms with Crippen molar-refractivity contribution in [1.82, 2.24) is 20.4 Å². The van der Waals surface area contributed by atoms with E-state index in [1.165, 1.54) is 6.26 Å². The van der Waals surface area contributed by atoms with Crippen LogP contribution in [0.15, 0.2) is 18.3 Å². The third kappa shape index (κ3) is 4.87. The van der Waals surface area contributed by atoms with Gasteiger partial charge in [-0.3, -0.25) is 9.31 Å². The predicted octanol–water partition coefficient (Wildman–Crippen LogP) is 3.00. The van der Waals surface area contributed by atoms with E-state index in [-0.39, 0.29) is 17.8 Å². The number of carbonyl (C=O) groups excluding carboxylic acids is 1. The average Bonchev–Trinajstić information content (AvgIpc) is 3.12. The minimum Gasteiger partial charge on any atom is -0.388 e. The van der Waals surface area contributed by atoms with Gasteiger partial charge in [0.05, 0.1) is 23.7 Å². The zero-order valence-corrected chi connectivity index (χ0v) is 18.6. The maximum Gasteiger partial charge on any atom is 0.318 e. The van der Waals surface area contributed by atoms with Crippen molar-refractivity contribution in [2.45, 2.75) is 32.8 Å². The molecule has 29 heavy (non-hydrogen) atoms. The summed E-state index contributed by atoms with van der Waals surface area (Å²) in [5.74, 6) is 3.85. The number of urea groups is 1. The molecule has 0 spiro atoms. The van der Waals surface area contributed by atoms with Gasteiger partial charge in [-0.25, -0.2) is 4.79 Å². The molecule has 3 N–H and O–H groups in total. The molecule has 0 bridgehead atoms. The van der Waals surface area contributed by atoms with E-state index in [1.807, 2.05) is 6.07 Å². The van der Waals surface area contributed by atoms with Crippen molar-refractivity contribution in [3.05, 3.63) is 28.9 Å². The second-order valence-corrected chi connectivity index (χ2v) is 11.7. The number of carbonyl (C=O) groups is 1. The van der Waals surface area contributed by atoms with Crippen LogP contribution in [0.5, 0.6) is 0 Å². The van der Waals surface area contributed by atoms with Crippen LogP contribution < -0.4 is 5.32 Å². The standard InChI is InChI=1S/C20H29ClN4O3S/c1-20(2,18(26)16-10-15(21)9-13-11-23-24-17(13)16)14-5-7-25(8-6-14)19(27)22-12-29(3,4)28/h9-11,14,18,26H,3,5-8,12H2,1-2,4H3,(H,22,27)(H,23,24). The summed E-state index contributed by atoms with van der Waals surface area (Å²) in [7, 11) is -2.26. The van der Waals surface area contributed by atoms with E-state index in [0.29, 0.717) is 18.1 Å². The minimum atomic E-state index is -2.26. The number of fused-ring (bicyclic) bond motifs is 1. The monoisotopic (exact) mass is 440 g/mol. The molecule has 9 heteroatoms. The maximum atomic E-state index is 12.3. The van der Waals surface area contributed by atoms with Gasteiger partial charge in [0, 0.05) is 35.3 Å². The topological polar surface area (TPSA) is 98.3 Å². The number of piperidine rings is 1. The van der Waals surface area contributed by atoms with Crippen molar-refractivity contribution < 1.29 is 14.1 Å². The highest BCUT2D eigenvalue weighted by Gasteiger charge is 2.40. The van der Waals surface area contributed by atoms with Gasteiger partial charge in [-0.1, -0.05) is 25.4 Å². The number of likely N-dealkylation sites (tertiary alicyclic amines) is 1. The van der Waals surface area contributed by atoms with Gasteiger partial charge in [0.2, 0.25) is 0 Å². The lowest BCUT2D eigenvalue weighted by Crippen LogP contribution is -2.48. The summed E-state index contributed by atoms with van der Waals surface area (Å²) in [6.07, 6.45) is 4.04. The van der Waals surface area contributed by atoms with Crippen molar-refractivity contribution in [2.75, 3.05) is 25.2 Å². The van der Waals surface area contributed by atoms with Gasteiger partial charge in [-0.05, 0) is 51.7 Å². The molecule has 1 aromatic heterocycles. The molecular weight excluding hydrogens is 412 g/mol. The van der Waals surface area contributed by atoms with E-state index in [0.717, 1.165) is 29.3 Å². The minimum absolute atomic E-state index is 0.0743. The predicted molar refractivity (Wildman–Crippen MR) is 119 cm³/mol. The van der Waals surface area contributed by atoms with Crippen LogP contribution in [0.4, 0.5) is 4.79 Å². The summed E-state index contributed by atoms with van der Waals surface area (Å²) in [6.45, 7) is 5.28. The fourth-order valence-electron chi connectivity index (χ4n) is 4.04. The first-order chi connectivity index (χ1) is 13.5. The average molecular weight is 441 g/mol. The Labute approximate surface area is 176 Å². The number of aliphatic hydroxyl groups is 1. The van der Waals surface area contributed by atoms with Gasteiger partial charge in [0.15, 0.2) is 0 Å². The van der Waals surface area contributed by atoms with Crippen LogP contribution >= 0.6 is 11.6 Å². The van der Waals surface area contributed by atoms with E-state index >= 15 is 0 Å². The number of nitrogens with zero attached hydrogens (tertiary/aromatic N) is 2. The van der Waals surface area contributed by atoms with E-state index in [1.54, 1.807) is 17.2 Å². The fraction of sp³-hybridized carbons (Fsp3) is 0.550. The summed E-state index contributed by atoms with van der Waals surface area (Å²) in [6, 6.07) is 3.40. The van der Waals surface area contributed by atoms with Crippen LogP contribution in [0.1, 0.15) is 38.4 Å². The number of hydrogen-bond acceptors (Lipinski definition) is 4. The quantitative estimate of drug-likeness (QED) is 0.622. The lowest BCUT2D eigenvalue weighted by atomic mass is 9.68. The van der Waals surface area contributed by atoms with E-state index in [9.17, 15) is 14.1 Å². The molecule has 160 valence electrons. The van der Waals surface area contributed by atoms with Crippen LogP contribution in [0.25, 0.3) is 10.9 Å². The Morgan fingerprint density at radius 2 is 2.14 bits per heavy atom. The molecule has 1 aliphatic rings. The van der Waals surface area contributed by atoms with Gasteiger partial charge in [0.1, 0.15) is 0 Å². The molecule has 1 fully saturated rings. The molecule has 1 aliphatic heterocycles.